The van der Waals surface area contributed by atoms with Crippen molar-refractivity contribution in [2.24, 2.45) is 5.41 Å². The van der Waals surface area contributed by atoms with Gasteiger partial charge in [0.1, 0.15) is 5.82 Å². The number of carbonyl (C=O) groups is 1. The van der Waals surface area contributed by atoms with Gasteiger partial charge in [0.2, 0.25) is 0 Å². The Morgan fingerprint density at radius 2 is 2.10 bits per heavy atom. The number of urea groups is 1. The van der Waals surface area contributed by atoms with Crippen LogP contribution < -0.4 is 16.0 Å². The van der Waals surface area contributed by atoms with Crippen molar-refractivity contribution in [3.8, 4) is 0 Å². The molecule has 1 atom stereocenters. The number of amides is 2. The molecule has 0 aromatic heterocycles. The van der Waals surface area contributed by atoms with Gasteiger partial charge in [0.15, 0.2) is 0 Å². The molecule has 20 heavy (non-hydrogen) atoms. The summed E-state index contributed by atoms with van der Waals surface area (Å²) in [6.45, 7) is 6.00. The van der Waals surface area contributed by atoms with Crippen molar-refractivity contribution in [3.63, 3.8) is 0 Å². The van der Waals surface area contributed by atoms with Gasteiger partial charge in [-0.1, -0.05) is 13.8 Å². The van der Waals surface area contributed by atoms with Crippen LogP contribution in [0, 0.1) is 11.2 Å². The lowest BCUT2D eigenvalue weighted by atomic mass is 9.77. The van der Waals surface area contributed by atoms with Crippen LogP contribution in [0.2, 0.25) is 0 Å². The standard InChI is InChI=1S/C15H22FN3O/c1-15(2)8-3-9-17-13(15)10-18-14(20)19-12-6-4-11(16)5-7-12/h4-7,13,17H,3,8-10H2,1-2H3,(H2,18,19,20). The van der Waals surface area contributed by atoms with E-state index >= 15 is 0 Å². The molecule has 0 saturated carbocycles. The Morgan fingerprint density at radius 1 is 1.40 bits per heavy atom. The number of carbonyl (C=O) groups excluding carboxylic acids is 1. The third kappa shape index (κ3) is 3.93. The molecule has 1 aromatic rings. The SMILES string of the molecule is CC1(C)CCCNC1CNC(=O)Nc1ccc(F)cc1. The van der Waals surface area contributed by atoms with Gasteiger partial charge in [0, 0.05) is 18.3 Å². The van der Waals surface area contributed by atoms with Crippen LogP contribution in [0.15, 0.2) is 24.3 Å². The molecule has 0 bridgehead atoms. The van der Waals surface area contributed by atoms with Crippen molar-refractivity contribution in [3.05, 3.63) is 30.1 Å². The monoisotopic (exact) mass is 279 g/mol. The molecule has 1 heterocycles. The smallest absolute Gasteiger partial charge is 0.319 e. The van der Waals surface area contributed by atoms with Crippen molar-refractivity contribution in [1.82, 2.24) is 10.6 Å². The molecule has 0 spiro atoms. The number of benzene rings is 1. The third-order valence-electron chi connectivity index (χ3n) is 3.90. The van der Waals surface area contributed by atoms with Gasteiger partial charge < -0.3 is 16.0 Å². The van der Waals surface area contributed by atoms with Gasteiger partial charge >= 0.3 is 6.03 Å². The molecule has 4 nitrogen and oxygen atoms in total. The predicted octanol–water partition coefficient (Wildman–Crippen LogP) is 2.73. The summed E-state index contributed by atoms with van der Waals surface area (Å²) >= 11 is 0. The summed E-state index contributed by atoms with van der Waals surface area (Å²) in [4.78, 5) is 11.8. The quantitative estimate of drug-likeness (QED) is 0.797. The van der Waals surface area contributed by atoms with Crippen LogP contribution in [-0.2, 0) is 0 Å². The molecule has 1 unspecified atom stereocenters. The fourth-order valence-electron chi connectivity index (χ4n) is 2.52. The van der Waals surface area contributed by atoms with E-state index in [4.69, 9.17) is 0 Å². The van der Waals surface area contributed by atoms with E-state index in [1.54, 1.807) is 0 Å². The van der Waals surface area contributed by atoms with Gasteiger partial charge in [0.05, 0.1) is 0 Å². The number of nitrogens with one attached hydrogen (secondary N) is 3. The second-order valence-corrected chi connectivity index (χ2v) is 5.94. The zero-order chi connectivity index (χ0) is 14.6. The van der Waals surface area contributed by atoms with Crippen molar-refractivity contribution < 1.29 is 9.18 Å². The zero-order valence-electron chi connectivity index (χ0n) is 12.0. The molecule has 1 aliphatic rings. The summed E-state index contributed by atoms with van der Waals surface area (Å²) in [5, 5.41) is 9.00. The van der Waals surface area contributed by atoms with Crippen molar-refractivity contribution in [2.45, 2.75) is 32.7 Å². The number of anilines is 1. The summed E-state index contributed by atoms with van der Waals surface area (Å²) in [5.74, 6) is -0.316. The molecule has 1 fully saturated rings. The summed E-state index contributed by atoms with van der Waals surface area (Å²) in [7, 11) is 0. The van der Waals surface area contributed by atoms with E-state index in [0.717, 1.165) is 13.0 Å². The van der Waals surface area contributed by atoms with Gasteiger partial charge in [-0.3, -0.25) is 0 Å². The maximum Gasteiger partial charge on any atom is 0.319 e. The average molecular weight is 279 g/mol. The highest BCUT2D eigenvalue weighted by Gasteiger charge is 2.31. The number of hydrogen-bond acceptors (Lipinski definition) is 2. The molecule has 2 rings (SSSR count). The molecule has 0 aliphatic carbocycles. The van der Waals surface area contributed by atoms with Crippen LogP contribution in [0.4, 0.5) is 14.9 Å². The maximum absolute atomic E-state index is 12.8. The minimum Gasteiger partial charge on any atom is -0.336 e. The summed E-state index contributed by atoms with van der Waals surface area (Å²) in [5.41, 5.74) is 0.765. The molecule has 5 heteroatoms. The molecule has 3 N–H and O–H groups in total. The van der Waals surface area contributed by atoms with Crippen molar-refractivity contribution in [1.29, 1.82) is 0 Å². The van der Waals surface area contributed by atoms with Crippen molar-refractivity contribution >= 4 is 11.7 Å². The topological polar surface area (TPSA) is 53.2 Å². The van der Waals surface area contributed by atoms with Crippen LogP contribution in [-0.4, -0.2) is 25.2 Å². The van der Waals surface area contributed by atoms with Crippen LogP contribution >= 0.6 is 0 Å². The molecule has 1 saturated heterocycles. The van der Waals surface area contributed by atoms with E-state index < -0.39 is 0 Å². The van der Waals surface area contributed by atoms with E-state index in [2.05, 4.69) is 29.8 Å². The average Bonchev–Trinajstić information content (AvgIpc) is 2.40. The first-order chi connectivity index (χ1) is 9.47. The predicted molar refractivity (Wildman–Crippen MR) is 78.2 cm³/mol. The van der Waals surface area contributed by atoms with Crippen LogP contribution in [0.1, 0.15) is 26.7 Å². The fourth-order valence-corrected chi connectivity index (χ4v) is 2.52. The molecular weight excluding hydrogens is 257 g/mol. The number of hydrogen-bond donors (Lipinski definition) is 3. The van der Waals surface area contributed by atoms with Crippen LogP contribution in [0.3, 0.4) is 0 Å². The zero-order valence-corrected chi connectivity index (χ0v) is 12.0. The lowest BCUT2D eigenvalue weighted by molar-refractivity contribution is 0.177. The van der Waals surface area contributed by atoms with E-state index in [0.29, 0.717) is 12.2 Å². The van der Waals surface area contributed by atoms with Crippen LogP contribution in [0.25, 0.3) is 0 Å². The fraction of sp³-hybridized carbons (Fsp3) is 0.533. The minimum atomic E-state index is -0.316. The summed E-state index contributed by atoms with van der Waals surface area (Å²) in [6, 6.07) is 5.73. The molecule has 1 aromatic carbocycles. The number of halogens is 1. The Bertz CT molecular complexity index is 459. The number of rotatable bonds is 3. The minimum absolute atomic E-state index is 0.182. The Labute approximate surface area is 119 Å². The normalized spacial score (nSPS) is 21.2. The first-order valence-corrected chi connectivity index (χ1v) is 7.01. The second-order valence-electron chi connectivity index (χ2n) is 5.94. The van der Waals surface area contributed by atoms with Crippen molar-refractivity contribution in [2.75, 3.05) is 18.4 Å². The summed E-state index contributed by atoms with van der Waals surface area (Å²) in [6.07, 6.45) is 2.33. The molecule has 110 valence electrons. The van der Waals surface area contributed by atoms with E-state index in [9.17, 15) is 9.18 Å². The first-order valence-electron chi connectivity index (χ1n) is 7.01. The van der Waals surface area contributed by atoms with E-state index in [1.807, 2.05) is 0 Å². The van der Waals surface area contributed by atoms with Gasteiger partial charge in [-0.25, -0.2) is 9.18 Å². The highest BCUT2D eigenvalue weighted by molar-refractivity contribution is 5.89. The van der Waals surface area contributed by atoms with Gasteiger partial charge in [-0.2, -0.15) is 0 Å². The Kier molecular flexibility index (Phi) is 4.60. The Morgan fingerprint density at radius 3 is 2.75 bits per heavy atom. The van der Waals surface area contributed by atoms with E-state index in [-0.39, 0.29) is 23.3 Å². The van der Waals surface area contributed by atoms with E-state index in [1.165, 1.54) is 30.7 Å². The lowest BCUT2D eigenvalue weighted by Gasteiger charge is -2.39. The largest absolute Gasteiger partial charge is 0.336 e. The van der Waals surface area contributed by atoms with Gasteiger partial charge in [-0.15, -0.1) is 0 Å². The molecule has 0 radical (unpaired) electrons. The van der Waals surface area contributed by atoms with Crippen LogP contribution in [0.5, 0.6) is 0 Å². The second kappa shape index (κ2) is 6.22. The molecule has 2 amide bonds. The highest BCUT2D eigenvalue weighted by Crippen LogP contribution is 2.29. The third-order valence-corrected chi connectivity index (χ3v) is 3.90. The highest BCUT2D eigenvalue weighted by atomic mass is 19.1. The first kappa shape index (κ1) is 14.8. The maximum atomic E-state index is 12.8. The molecule has 1 aliphatic heterocycles. The van der Waals surface area contributed by atoms with Gasteiger partial charge in [-0.05, 0) is 49.1 Å². The summed E-state index contributed by atoms with van der Waals surface area (Å²) < 4.78 is 12.8. The Hall–Kier alpha value is -1.62. The number of piperidine rings is 1. The Balaban J connectivity index is 1.81. The van der Waals surface area contributed by atoms with Gasteiger partial charge in [0.25, 0.3) is 0 Å². The lowest BCUT2D eigenvalue weighted by Crippen LogP contribution is -2.53. The molecular formula is C15H22FN3O.